The van der Waals surface area contributed by atoms with Gasteiger partial charge in [0.05, 0.1) is 6.04 Å². The molecule has 0 aliphatic heterocycles. The Morgan fingerprint density at radius 3 is 2.52 bits per heavy atom. The number of likely N-dealkylation sites (N-methyl/N-ethyl adjacent to an activating group) is 1. The number of aryl methyl sites for hydroxylation is 1. The van der Waals surface area contributed by atoms with Gasteiger partial charge in [0.1, 0.15) is 5.60 Å². The maximum Gasteiger partial charge on any atom is 0.410 e. The number of carbonyl (C=O) groups is 1. The number of rotatable bonds is 5. The van der Waals surface area contributed by atoms with Gasteiger partial charge in [0.2, 0.25) is 0 Å². The van der Waals surface area contributed by atoms with Crippen molar-refractivity contribution in [2.24, 2.45) is 0 Å². The summed E-state index contributed by atoms with van der Waals surface area (Å²) < 4.78 is 5.40. The molecule has 21 heavy (non-hydrogen) atoms. The van der Waals surface area contributed by atoms with Gasteiger partial charge in [-0.05, 0) is 45.3 Å². The highest BCUT2D eigenvalue weighted by molar-refractivity contribution is 5.68. The third-order valence-corrected chi connectivity index (χ3v) is 3.06. The lowest BCUT2D eigenvalue weighted by molar-refractivity contribution is 0.0250. The largest absolute Gasteiger partial charge is 0.444 e. The standard InChI is InChI=1S/C18H25NO2/c1-6-10-16(14-13-15-11-8-7-9-12-15)19(5)17(20)21-18(2,3)4/h7-12,16H,1,13-14H2,2-5H3. The number of hydrogen-bond acceptors (Lipinski definition) is 2. The first-order valence-electron chi connectivity index (χ1n) is 7.19. The molecule has 0 radical (unpaired) electrons. The lowest BCUT2D eigenvalue weighted by Gasteiger charge is -2.29. The van der Waals surface area contributed by atoms with Crippen molar-refractivity contribution in [3.8, 4) is 0 Å². The van der Waals surface area contributed by atoms with Crippen LogP contribution < -0.4 is 0 Å². The molecule has 114 valence electrons. The molecule has 0 aliphatic carbocycles. The molecule has 1 aromatic rings. The lowest BCUT2D eigenvalue weighted by Crippen LogP contribution is -2.40. The summed E-state index contributed by atoms with van der Waals surface area (Å²) in [4.78, 5) is 13.7. The Kier molecular flexibility index (Phi) is 6.26. The van der Waals surface area contributed by atoms with Crippen molar-refractivity contribution in [2.75, 3.05) is 7.05 Å². The zero-order valence-corrected chi connectivity index (χ0v) is 13.4. The molecule has 0 spiro atoms. The predicted octanol–water partition coefficient (Wildman–Crippen LogP) is 4.20. The Labute approximate surface area is 127 Å². The zero-order valence-electron chi connectivity index (χ0n) is 13.4. The smallest absolute Gasteiger partial charge is 0.410 e. The van der Waals surface area contributed by atoms with Gasteiger partial charge in [0, 0.05) is 7.05 Å². The van der Waals surface area contributed by atoms with Crippen molar-refractivity contribution in [3.63, 3.8) is 0 Å². The first kappa shape index (κ1) is 17.1. The molecular weight excluding hydrogens is 262 g/mol. The fourth-order valence-corrected chi connectivity index (χ4v) is 1.95. The fraction of sp³-hybridized carbons (Fsp3) is 0.444. The molecule has 1 rings (SSSR count). The Morgan fingerprint density at radius 1 is 1.38 bits per heavy atom. The van der Waals surface area contributed by atoms with E-state index in [2.05, 4.69) is 24.4 Å². The van der Waals surface area contributed by atoms with E-state index in [1.54, 1.807) is 11.9 Å². The molecule has 3 heteroatoms. The maximum atomic E-state index is 12.1. The Hall–Kier alpha value is -1.99. The van der Waals surface area contributed by atoms with Crippen LogP contribution in [0.3, 0.4) is 0 Å². The SMILES string of the molecule is C=C=CC(CCc1ccccc1)N(C)C(=O)OC(C)(C)C. The summed E-state index contributed by atoms with van der Waals surface area (Å²) >= 11 is 0. The number of hydrogen-bond donors (Lipinski definition) is 0. The van der Waals surface area contributed by atoms with E-state index in [1.165, 1.54) is 5.56 Å². The third kappa shape index (κ3) is 6.33. The van der Waals surface area contributed by atoms with Crippen LogP contribution in [0.15, 0.2) is 48.7 Å². The summed E-state index contributed by atoms with van der Waals surface area (Å²) in [5.74, 6) is 0. The van der Waals surface area contributed by atoms with Gasteiger partial charge >= 0.3 is 6.09 Å². The molecule has 1 amide bonds. The minimum absolute atomic E-state index is 0.0717. The molecule has 0 N–H and O–H groups in total. The summed E-state index contributed by atoms with van der Waals surface area (Å²) in [5.41, 5.74) is 3.53. The van der Waals surface area contributed by atoms with Gasteiger partial charge in [-0.25, -0.2) is 4.79 Å². The van der Waals surface area contributed by atoms with Crippen LogP contribution in [0.25, 0.3) is 0 Å². The fourth-order valence-electron chi connectivity index (χ4n) is 1.95. The highest BCUT2D eigenvalue weighted by Crippen LogP contribution is 2.14. The molecule has 1 unspecified atom stereocenters. The molecule has 0 aromatic heterocycles. The minimum atomic E-state index is -0.493. The highest BCUT2D eigenvalue weighted by Gasteiger charge is 2.23. The van der Waals surface area contributed by atoms with E-state index in [4.69, 9.17) is 4.74 Å². The molecule has 0 aliphatic rings. The summed E-state index contributed by atoms with van der Waals surface area (Å²) in [6.07, 6.45) is 3.18. The third-order valence-electron chi connectivity index (χ3n) is 3.06. The van der Waals surface area contributed by atoms with Gasteiger partial charge in [-0.15, -0.1) is 5.73 Å². The molecule has 1 aromatic carbocycles. The molecule has 0 bridgehead atoms. The van der Waals surface area contributed by atoms with Crippen molar-refractivity contribution in [1.29, 1.82) is 0 Å². The Morgan fingerprint density at radius 2 is 2.00 bits per heavy atom. The summed E-state index contributed by atoms with van der Waals surface area (Å²) in [5, 5.41) is 0. The van der Waals surface area contributed by atoms with Gasteiger partial charge in [-0.3, -0.25) is 0 Å². The van der Waals surface area contributed by atoms with Crippen molar-refractivity contribution in [2.45, 2.75) is 45.3 Å². The van der Waals surface area contributed by atoms with Crippen molar-refractivity contribution >= 4 is 6.09 Å². The quantitative estimate of drug-likeness (QED) is 0.760. The van der Waals surface area contributed by atoms with Crippen LogP contribution in [-0.2, 0) is 11.2 Å². The van der Waals surface area contributed by atoms with Gasteiger partial charge in [-0.1, -0.05) is 36.9 Å². The topological polar surface area (TPSA) is 29.5 Å². The molecule has 0 fully saturated rings. The van der Waals surface area contributed by atoms with E-state index >= 15 is 0 Å². The van der Waals surface area contributed by atoms with Crippen LogP contribution in [0.1, 0.15) is 32.8 Å². The first-order chi connectivity index (χ1) is 9.83. The van der Waals surface area contributed by atoms with E-state index in [0.29, 0.717) is 0 Å². The van der Waals surface area contributed by atoms with Crippen LogP contribution in [-0.4, -0.2) is 29.7 Å². The second-order valence-corrected chi connectivity index (χ2v) is 6.05. The molecule has 0 heterocycles. The first-order valence-corrected chi connectivity index (χ1v) is 7.19. The van der Waals surface area contributed by atoms with Gasteiger partial charge in [0.25, 0.3) is 0 Å². The lowest BCUT2D eigenvalue weighted by atomic mass is 10.0. The van der Waals surface area contributed by atoms with Crippen LogP contribution in [0, 0.1) is 0 Å². The van der Waals surface area contributed by atoms with E-state index in [9.17, 15) is 4.79 Å². The van der Waals surface area contributed by atoms with Crippen LogP contribution >= 0.6 is 0 Å². The predicted molar refractivity (Wildman–Crippen MR) is 86.3 cm³/mol. The van der Waals surface area contributed by atoms with Gasteiger partial charge < -0.3 is 9.64 Å². The van der Waals surface area contributed by atoms with Crippen LogP contribution in [0.2, 0.25) is 0 Å². The summed E-state index contributed by atoms with van der Waals surface area (Å²) in [6, 6.07) is 10.1. The number of ether oxygens (including phenoxy) is 1. The number of carbonyl (C=O) groups excluding carboxylic acids is 1. The number of amides is 1. The minimum Gasteiger partial charge on any atom is -0.444 e. The number of nitrogens with zero attached hydrogens (tertiary/aromatic N) is 1. The van der Waals surface area contributed by atoms with Gasteiger partial charge in [0.15, 0.2) is 0 Å². The normalized spacial score (nSPS) is 12.2. The van der Waals surface area contributed by atoms with E-state index < -0.39 is 5.60 Å². The van der Waals surface area contributed by atoms with E-state index in [1.807, 2.05) is 45.0 Å². The van der Waals surface area contributed by atoms with Crippen molar-refractivity contribution < 1.29 is 9.53 Å². The average Bonchev–Trinajstić information content (AvgIpc) is 2.42. The number of benzene rings is 1. The molecular formula is C18H25NO2. The molecule has 1 atom stereocenters. The maximum absolute atomic E-state index is 12.1. The van der Waals surface area contributed by atoms with E-state index in [-0.39, 0.29) is 12.1 Å². The summed E-state index contributed by atoms with van der Waals surface area (Å²) in [7, 11) is 1.75. The van der Waals surface area contributed by atoms with Crippen molar-refractivity contribution in [3.05, 3.63) is 54.3 Å². The molecule has 0 saturated heterocycles. The van der Waals surface area contributed by atoms with Crippen molar-refractivity contribution in [1.82, 2.24) is 4.90 Å². The molecule has 3 nitrogen and oxygen atoms in total. The Bertz CT molecular complexity index is 496. The van der Waals surface area contributed by atoms with E-state index in [0.717, 1.165) is 12.8 Å². The Balaban J connectivity index is 2.68. The van der Waals surface area contributed by atoms with Crippen LogP contribution in [0.5, 0.6) is 0 Å². The highest BCUT2D eigenvalue weighted by atomic mass is 16.6. The van der Waals surface area contributed by atoms with Gasteiger partial charge in [-0.2, -0.15) is 0 Å². The monoisotopic (exact) mass is 287 g/mol. The molecule has 0 saturated carbocycles. The second-order valence-electron chi connectivity index (χ2n) is 6.05. The average molecular weight is 287 g/mol. The second kappa shape index (κ2) is 7.70. The van der Waals surface area contributed by atoms with Crippen LogP contribution in [0.4, 0.5) is 4.79 Å². The zero-order chi connectivity index (χ0) is 15.9. The summed E-state index contributed by atoms with van der Waals surface area (Å²) in [6.45, 7) is 9.20.